The van der Waals surface area contributed by atoms with Gasteiger partial charge in [0.05, 0.1) is 19.6 Å². The summed E-state index contributed by atoms with van der Waals surface area (Å²) < 4.78 is 4.47. The first-order valence-electron chi connectivity index (χ1n) is 5.28. The lowest BCUT2D eigenvalue weighted by Crippen LogP contribution is -2.46. The molecule has 0 unspecified atom stereocenters. The number of hydrogen-bond donors (Lipinski definition) is 3. The molecule has 0 fully saturated rings. The molecule has 7 nitrogen and oxygen atoms in total. The van der Waals surface area contributed by atoms with E-state index in [1.165, 1.54) is 7.11 Å². The molecular formula is C10H19N3O4. The van der Waals surface area contributed by atoms with E-state index < -0.39 is 17.9 Å². The van der Waals surface area contributed by atoms with Gasteiger partial charge in [0.2, 0.25) is 11.8 Å². The Morgan fingerprint density at radius 2 is 1.94 bits per heavy atom. The summed E-state index contributed by atoms with van der Waals surface area (Å²) in [7, 11) is 1.30. The molecule has 0 radical (unpaired) electrons. The van der Waals surface area contributed by atoms with Crippen molar-refractivity contribution in [1.29, 1.82) is 0 Å². The fourth-order valence-electron chi connectivity index (χ4n) is 1.17. The third-order valence-corrected chi connectivity index (χ3v) is 2.16. The third-order valence-electron chi connectivity index (χ3n) is 2.16. The van der Waals surface area contributed by atoms with Crippen LogP contribution < -0.4 is 16.8 Å². The van der Waals surface area contributed by atoms with Gasteiger partial charge in [0.25, 0.3) is 0 Å². The fraction of sp³-hybridized carbons (Fsp3) is 0.700. The topological polar surface area (TPSA) is 125 Å². The van der Waals surface area contributed by atoms with E-state index in [-0.39, 0.29) is 24.9 Å². The second kappa shape index (κ2) is 7.61. The van der Waals surface area contributed by atoms with Crippen molar-refractivity contribution in [1.82, 2.24) is 5.32 Å². The Kier molecular flexibility index (Phi) is 6.88. The van der Waals surface area contributed by atoms with E-state index in [0.717, 1.165) is 0 Å². The van der Waals surface area contributed by atoms with E-state index in [4.69, 9.17) is 11.5 Å². The van der Waals surface area contributed by atoms with E-state index >= 15 is 0 Å². The number of nitrogens with two attached hydrogens (primary N) is 2. The van der Waals surface area contributed by atoms with Gasteiger partial charge in [0, 0.05) is 12.5 Å². The number of esters is 1. The lowest BCUT2D eigenvalue weighted by molar-refractivity contribution is -0.141. The van der Waals surface area contributed by atoms with Crippen LogP contribution in [0, 0.1) is 0 Å². The number of nitrogens with one attached hydrogen (secondary N) is 1. The molecule has 0 saturated carbocycles. The van der Waals surface area contributed by atoms with Gasteiger partial charge in [0.15, 0.2) is 0 Å². The van der Waals surface area contributed by atoms with Crippen molar-refractivity contribution in [3.63, 3.8) is 0 Å². The molecule has 0 bridgehead atoms. The molecule has 98 valence electrons. The number of primary amides is 1. The summed E-state index contributed by atoms with van der Waals surface area (Å²) in [4.78, 5) is 32.9. The maximum absolute atomic E-state index is 11.4. The summed E-state index contributed by atoms with van der Waals surface area (Å²) in [6.07, 6.45) is 0.459. The standard InChI is InChI=1S/C10H19N3O4/c1-6(3-4-9(15)17-2)13-10(16)7(11)5-8(12)14/h6-7H,3-5,11H2,1-2H3,(H2,12,14)(H,13,16)/t6-,7+/m0/s1. The van der Waals surface area contributed by atoms with Crippen LogP contribution in [-0.4, -0.2) is 37.0 Å². The molecule has 0 rings (SSSR count). The molecular weight excluding hydrogens is 226 g/mol. The van der Waals surface area contributed by atoms with Crippen molar-refractivity contribution >= 4 is 17.8 Å². The van der Waals surface area contributed by atoms with Gasteiger partial charge in [-0.25, -0.2) is 0 Å². The van der Waals surface area contributed by atoms with Crippen LogP contribution in [0.5, 0.6) is 0 Å². The number of hydrogen-bond acceptors (Lipinski definition) is 5. The minimum Gasteiger partial charge on any atom is -0.469 e. The molecule has 5 N–H and O–H groups in total. The summed E-state index contributed by atoms with van der Waals surface area (Å²) in [5.41, 5.74) is 10.4. The SMILES string of the molecule is COC(=O)CC[C@H](C)NC(=O)[C@H](N)CC(N)=O. The zero-order valence-electron chi connectivity index (χ0n) is 10.1. The monoisotopic (exact) mass is 245 g/mol. The number of carbonyl (C=O) groups excluding carboxylic acids is 3. The Hall–Kier alpha value is -1.63. The Labute approximate surface area is 99.9 Å². The molecule has 0 spiro atoms. The Bertz CT molecular complexity index is 293. The van der Waals surface area contributed by atoms with Gasteiger partial charge >= 0.3 is 5.97 Å². The summed E-state index contributed by atoms with van der Waals surface area (Å²) in [6, 6.07) is -1.17. The molecule has 0 aliphatic carbocycles. The fourth-order valence-corrected chi connectivity index (χ4v) is 1.17. The maximum atomic E-state index is 11.4. The molecule has 0 aliphatic rings. The second-order valence-corrected chi connectivity index (χ2v) is 3.80. The van der Waals surface area contributed by atoms with Gasteiger partial charge in [-0.2, -0.15) is 0 Å². The second-order valence-electron chi connectivity index (χ2n) is 3.80. The lowest BCUT2D eigenvalue weighted by atomic mass is 10.1. The average molecular weight is 245 g/mol. The van der Waals surface area contributed by atoms with E-state index in [0.29, 0.717) is 6.42 Å². The van der Waals surface area contributed by atoms with E-state index in [9.17, 15) is 14.4 Å². The first-order chi connectivity index (χ1) is 7.86. The molecule has 0 aromatic heterocycles. The molecule has 0 aromatic rings. The minimum atomic E-state index is -0.951. The highest BCUT2D eigenvalue weighted by atomic mass is 16.5. The van der Waals surface area contributed by atoms with Crippen LogP contribution in [0.1, 0.15) is 26.2 Å². The van der Waals surface area contributed by atoms with Crippen molar-refractivity contribution < 1.29 is 19.1 Å². The molecule has 7 heteroatoms. The van der Waals surface area contributed by atoms with Gasteiger partial charge in [-0.1, -0.05) is 0 Å². The molecule has 0 aliphatic heterocycles. The van der Waals surface area contributed by atoms with Crippen molar-refractivity contribution in [3.8, 4) is 0 Å². The van der Waals surface area contributed by atoms with E-state index in [1.807, 2.05) is 0 Å². The Morgan fingerprint density at radius 3 is 2.41 bits per heavy atom. The van der Waals surface area contributed by atoms with Crippen LogP contribution in [0.2, 0.25) is 0 Å². The first-order valence-corrected chi connectivity index (χ1v) is 5.28. The van der Waals surface area contributed by atoms with Crippen LogP contribution in [0.3, 0.4) is 0 Å². The number of carbonyl (C=O) groups is 3. The van der Waals surface area contributed by atoms with E-state index in [1.54, 1.807) is 6.92 Å². The minimum absolute atomic E-state index is 0.199. The predicted octanol–water partition coefficient (Wildman–Crippen LogP) is -1.35. The van der Waals surface area contributed by atoms with E-state index in [2.05, 4.69) is 10.1 Å². The van der Waals surface area contributed by atoms with Gasteiger partial charge in [-0.15, -0.1) is 0 Å². The van der Waals surface area contributed by atoms with Gasteiger partial charge in [-0.3, -0.25) is 14.4 Å². The molecule has 0 heterocycles. The third kappa shape index (κ3) is 7.29. The zero-order valence-corrected chi connectivity index (χ0v) is 10.1. The predicted molar refractivity (Wildman–Crippen MR) is 60.6 cm³/mol. The van der Waals surface area contributed by atoms with Crippen molar-refractivity contribution in [2.24, 2.45) is 11.5 Å². The Balaban J connectivity index is 3.94. The van der Waals surface area contributed by atoms with Crippen LogP contribution in [0.15, 0.2) is 0 Å². The molecule has 17 heavy (non-hydrogen) atoms. The van der Waals surface area contributed by atoms with Crippen molar-refractivity contribution in [2.45, 2.75) is 38.3 Å². The highest BCUT2D eigenvalue weighted by molar-refractivity contribution is 5.87. The summed E-state index contributed by atoms with van der Waals surface area (Å²) >= 11 is 0. The number of methoxy groups -OCH3 is 1. The van der Waals surface area contributed by atoms with Crippen LogP contribution in [0.25, 0.3) is 0 Å². The summed E-state index contributed by atoms with van der Waals surface area (Å²) in [6.45, 7) is 1.73. The van der Waals surface area contributed by atoms with Gasteiger partial charge in [-0.05, 0) is 13.3 Å². The van der Waals surface area contributed by atoms with Gasteiger partial charge < -0.3 is 21.5 Å². The number of ether oxygens (including phenoxy) is 1. The average Bonchev–Trinajstić information content (AvgIpc) is 2.24. The molecule has 2 amide bonds. The van der Waals surface area contributed by atoms with Crippen LogP contribution >= 0.6 is 0 Å². The molecule has 0 aromatic carbocycles. The first kappa shape index (κ1) is 15.4. The summed E-state index contributed by atoms with van der Waals surface area (Å²) in [5, 5.41) is 2.58. The molecule has 2 atom stereocenters. The highest BCUT2D eigenvalue weighted by Gasteiger charge is 2.18. The van der Waals surface area contributed by atoms with Crippen molar-refractivity contribution in [2.75, 3.05) is 7.11 Å². The quantitative estimate of drug-likeness (QED) is 0.478. The normalized spacial score (nSPS) is 13.6. The lowest BCUT2D eigenvalue weighted by Gasteiger charge is -2.16. The maximum Gasteiger partial charge on any atom is 0.305 e. The largest absolute Gasteiger partial charge is 0.469 e. The number of amides is 2. The molecule has 0 saturated heterocycles. The van der Waals surface area contributed by atoms with Crippen molar-refractivity contribution in [3.05, 3.63) is 0 Å². The smallest absolute Gasteiger partial charge is 0.305 e. The highest BCUT2D eigenvalue weighted by Crippen LogP contribution is 1.99. The number of rotatable bonds is 7. The zero-order chi connectivity index (χ0) is 13.4. The Morgan fingerprint density at radius 1 is 1.35 bits per heavy atom. The van der Waals surface area contributed by atoms with Crippen LogP contribution in [0.4, 0.5) is 0 Å². The van der Waals surface area contributed by atoms with Gasteiger partial charge in [0.1, 0.15) is 0 Å². The summed E-state index contributed by atoms with van der Waals surface area (Å²) in [5.74, 6) is -1.43. The van der Waals surface area contributed by atoms with Crippen LogP contribution in [-0.2, 0) is 19.1 Å².